The normalized spacial score (nSPS) is 11.2. The zero-order valence-electron chi connectivity index (χ0n) is 17.9. The number of thioether (sulfide) groups is 1. The van der Waals surface area contributed by atoms with E-state index in [2.05, 4.69) is 15.5 Å². The highest BCUT2D eigenvalue weighted by Crippen LogP contribution is 2.33. The maximum Gasteiger partial charge on any atom is 0.287 e. The van der Waals surface area contributed by atoms with Gasteiger partial charge in [0.1, 0.15) is 22.9 Å². The van der Waals surface area contributed by atoms with E-state index in [9.17, 15) is 4.79 Å². The molecule has 0 fully saturated rings. The Morgan fingerprint density at radius 2 is 1.82 bits per heavy atom. The standard InChI is InChI=1S/C25H21N3O3S2/c1-16-27-28-25(33-16)32-15-20-19-10-4-5-11-22(19)31-23(20)24(29)26-13-14-30-21-12-6-8-17-7-2-3-9-18(17)21/h2-12H,13-15H2,1H3,(H,26,29). The molecule has 0 aliphatic carbocycles. The number of hydrogen-bond acceptors (Lipinski definition) is 7. The Morgan fingerprint density at radius 3 is 2.67 bits per heavy atom. The molecule has 0 spiro atoms. The summed E-state index contributed by atoms with van der Waals surface area (Å²) in [5.74, 6) is 1.45. The van der Waals surface area contributed by atoms with Gasteiger partial charge in [0.2, 0.25) is 0 Å². The van der Waals surface area contributed by atoms with E-state index in [1.807, 2.05) is 73.7 Å². The Labute approximate surface area is 199 Å². The molecule has 0 aliphatic rings. The molecule has 3 aromatic carbocycles. The lowest BCUT2D eigenvalue weighted by atomic mass is 10.1. The Kier molecular flexibility index (Phi) is 6.28. The van der Waals surface area contributed by atoms with Crippen molar-refractivity contribution in [1.82, 2.24) is 15.5 Å². The minimum absolute atomic E-state index is 0.253. The fourth-order valence-electron chi connectivity index (χ4n) is 3.62. The Balaban J connectivity index is 1.27. The second-order valence-electron chi connectivity index (χ2n) is 7.36. The summed E-state index contributed by atoms with van der Waals surface area (Å²) in [6, 6.07) is 21.7. The maximum atomic E-state index is 13.0. The number of aromatic nitrogens is 2. The van der Waals surface area contributed by atoms with Crippen molar-refractivity contribution in [2.75, 3.05) is 13.2 Å². The number of para-hydroxylation sites is 1. The molecule has 0 unspecified atom stereocenters. The van der Waals surface area contributed by atoms with E-state index in [1.165, 1.54) is 11.3 Å². The molecular weight excluding hydrogens is 454 g/mol. The number of carbonyl (C=O) groups excluding carboxylic acids is 1. The lowest BCUT2D eigenvalue weighted by Crippen LogP contribution is -2.28. The lowest BCUT2D eigenvalue weighted by Gasteiger charge is -2.10. The molecule has 1 amide bonds. The molecule has 6 nitrogen and oxygen atoms in total. The summed E-state index contributed by atoms with van der Waals surface area (Å²) in [4.78, 5) is 13.0. The topological polar surface area (TPSA) is 77.2 Å². The van der Waals surface area contributed by atoms with Crippen molar-refractivity contribution in [2.24, 2.45) is 0 Å². The third-order valence-corrected chi connectivity index (χ3v) is 7.15. The molecule has 0 aliphatic heterocycles. The van der Waals surface area contributed by atoms with Gasteiger partial charge in [-0.15, -0.1) is 10.2 Å². The molecule has 2 heterocycles. The number of rotatable bonds is 8. The van der Waals surface area contributed by atoms with Crippen LogP contribution in [0.5, 0.6) is 5.75 Å². The Morgan fingerprint density at radius 1 is 1.03 bits per heavy atom. The molecule has 2 aromatic heterocycles. The van der Waals surface area contributed by atoms with Crippen LogP contribution in [0.4, 0.5) is 0 Å². The molecule has 5 aromatic rings. The number of hydrogen-bond donors (Lipinski definition) is 1. The van der Waals surface area contributed by atoms with Gasteiger partial charge in [-0.05, 0) is 24.4 Å². The van der Waals surface area contributed by atoms with Crippen LogP contribution in [0.2, 0.25) is 0 Å². The summed E-state index contributed by atoms with van der Waals surface area (Å²) < 4.78 is 12.7. The van der Waals surface area contributed by atoms with Crippen molar-refractivity contribution in [1.29, 1.82) is 0 Å². The van der Waals surface area contributed by atoms with Gasteiger partial charge in [-0.25, -0.2) is 0 Å². The number of nitrogens with one attached hydrogen (secondary N) is 1. The van der Waals surface area contributed by atoms with E-state index in [0.717, 1.165) is 36.8 Å². The van der Waals surface area contributed by atoms with E-state index < -0.39 is 0 Å². The van der Waals surface area contributed by atoms with Crippen LogP contribution in [0.3, 0.4) is 0 Å². The number of benzene rings is 3. The van der Waals surface area contributed by atoms with Crippen molar-refractivity contribution >= 4 is 50.7 Å². The van der Waals surface area contributed by atoms with Crippen molar-refractivity contribution in [3.05, 3.63) is 83.1 Å². The van der Waals surface area contributed by atoms with Crippen molar-refractivity contribution in [2.45, 2.75) is 17.0 Å². The first-order valence-electron chi connectivity index (χ1n) is 10.5. The van der Waals surface area contributed by atoms with E-state index in [-0.39, 0.29) is 5.91 Å². The second-order valence-corrected chi connectivity index (χ2v) is 9.77. The van der Waals surface area contributed by atoms with Gasteiger partial charge in [0.25, 0.3) is 5.91 Å². The zero-order valence-corrected chi connectivity index (χ0v) is 19.5. The van der Waals surface area contributed by atoms with Crippen LogP contribution in [0.1, 0.15) is 21.1 Å². The minimum atomic E-state index is -0.253. The molecule has 0 saturated carbocycles. The molecule has 0 bridgehead atoms. The van der Waals surface area contributed by atoms with Crippen LogP contribution in [0.25, 0.3) is 21.7 Å². The highest BCUT2D eigenvalue weighted by Gasteiger charge is 2.21. The van der Waals surface area contributed by atoms with E-state index in [0.29, 0.717) is 30.2 Å². The van der Waals surface area contributed by atoms with Crippen LogP contribution in [0, 0.1) is 6.92 Å². The van der Waals surface area contributed by atoms with Crippen molar-refractivity contribution < 1.29 is 13.9 Å². The second kappa shape index (κ2) is 9.64. The molecule has 0 atom stereocenters. The first kappa shape index (κ1) is 21.5. The van der Waals surface area contributed by atoms with Crippen LogP contribution < -0.4 is 10.1 Å². The van der Waals surface area contributed by atoms with Gasteiger partial charge in [0.15, 0.2) is 10.1 Å². The van der Waals surface area contributed by atoms with Crippen LogP contribution >= 0.6 is 23.1 Å². The molecule has 33 heavy (non-hydrogen) atoms. The van der Waals surface area contributed by atoms with Crippen molar-refractivity contribution in [3.8, 4) is 5.75 Å². The van der Waals surface area contributed by atoms with Gasteiger partial charge in [0, 0.05) is 22.1 Å². The number of fused-ring (bicyclic) bond motifs is 2. The van der Waals surface area contributed by atoms with Gasteiger partial charge < -0.3 is 14.5 Å². The Hall–Kier alpha value is -3.36. The average Bonchev–Trinajstić information content (AvgIpc) is 3.43. The third-order valence-electron chi connectivity index (χ3n) is 5.15. The summed E-state index contributed by atoms with van der Waals surface area (Å²) in [7, 11) is 0. The first-order chi connectivity index (χ1) is 16.2. The molecule has 5 rings (SSSR count). The van der Waals surface area contributed by atoms with Crippen LogP contribution in [-0.2, 0) is 5.75 Å². The molecule has 166 valence electrons. The molecule has 0 saturated heterocycles. The smallest absolute Gasteiger partial charge is 0.287 e. The maximum absolute atomic E-state index is 13.0. The largest absolute Gasteiger partial charge is 0.491 e. The lowest BCUT2D eigenvalue weighted by molar-refractivity contribution is 0.0920. The molecular formula is C25H21N3O3S2. The van der Waals surface area contributed by atoms with Gasteiger partial charge in [-0.3, -0.25) is 4.79 Å². The highest BCUT2D eigenvalue weighted by molar-refractivity contribution is 8.00. The fourth-order valence-corrected chi connectivity index (χ4v) is 5.47. The molecule has 8 heteroatoms. The average molecular weight is 476 g/mol. The molecule has 1 N–H and O–H groups in total. The minimum Gasteiger partial charge on any atom is -0.491 e. The fraction of sp³-hybridized carbons (Fsp3) is 0.160. The van der Waals surface area contributed by atoms with Gasteiger partial charge >= 0.3 is 0 Å². The van der Waals surface area contributed by atoms with E-state index in [4.69, 9.17) is 9.15 Å². The summed E-state index contributed by atoms with van der Waals surface area (Å²) in [5.41, 5.74) is 1.55. The highest BCUT2D eigenvalue weighted by atomic mass is 32.2. The van der Waals surface area contributed by atoms with Crippen molar-refractivity contribution in [3.63, 3.8) is 0 Å². The predicted octanol–water partition coefficient (Wildman–Crippen LogP) is 5.85. The van der Waals surface area contributed by atoms with Gasteiger partial charge in [-0.2, -0.15) is 0 Å². The number of nitrogens with zero attached hydrogens (tertiary/aromatic N) is 2. The number of furan rings is 1. The SMILES string of the molecule is Cc1nnc(SCc2c(C(=O)NCCOc3cccc4ccccc34)oc3ccccc23)s1. The first-order valence-corrected chi connectivity index (χ1v) is 12.3. The number of ether oxygens (including phenoxy) is 1. The Bertz CT molecular complexity index is 1420. The predicted molar refractivity (Wildman–Crippen MR) is 132 cm³/mol. The summed E-state index contributed by atoms with van der Waals surface area (Å²) in [6.45, 7) is 2.64. The van der Waals surface area contributed by atoms with Gasteiger partial charge in [-0.1, -0.05) is 77.7 Å². The number of carbonyl (C=O) groups is 1. The van der Waals surface area contributed by atoms with Crippen LogP contribution in [0.15, 0.2) is 75.5 Å². The molecule has 0 radical (unpaired) electrons. The summed E-state index contributed by atoms with van der Waals surface area (Å²) in [5, 5.41) is 15.2. The quantitative estimate of drug-likeness (QED) is 0.224. The summed E-state index contributed by atoms with van der Waals surface area (Å²) >= 11 is 3.09. The number of aryl methyl sites for hydroxylation is 1. The zero-order chi connectivity index (χ0) is 22.6. The number of amides is 1. The summed E-state index contributed by atoms with van der Waals surface area (Å²) in [6.07, 6.45) is 0. The van der Waals surface area contributed by atoms with E-state index >= 15 is 0 Å². The third kappa shape index (κ3) is 4.72. The van der Waals surface area contributed by atoms with E-state index in [1.54, 1.807) is 11.8 Å². The van der Waals surface area contributed by atoms with Crippen LogP contribution in [-0.4, -0.2) is 29.3 Å². The monoisotopic (exact) mass is 475 g/mol. The van der Waals surface area contributed by atoms with Gasteiger partial charge in [0.05, 0.1) is 6.54 Å².